The first kappa shape index (κ1) is 18.9. The molecule has 1 unspecified atom stereocenters. The summed E-state index contributed by atoms with van der Waals surface area (Å²) in [4.78, 5) is 12.4. The summed E-state index contributed by atoms with van der Waals surface area (Å²) in [6, 6.07) is 5.31. The molecule has 3 rings (SSSR count). The molecule has 1 aliphatic heterocycles. The summed E-state index contributed by atoms with van der Waals surface area (Å²) >= 11 is 13.4. The van der Waals surface area contributed by atoms with Gasteiger partial charge in [0, 0.05) is 12.1 Å². The smallest absolute Gasteiger partial charge is 0.335 e. The van der Waals surface area contributed by atoms with Gasteiger partial charge in [-0.2, -0.15) is 0 Å². The fraction of sp³-hybridized carbons (Fsp3) is 0.471. The number of hydrogen-bond donors (Lipinski definition) is 1. The molecule has 0 aromatic heterocycles. The number of rotatable bonds is 5. The van der Waals surface area contributed by atoms with Crippen LogP contribution >= 0.6 is 35.1 Å². The molecule has 1 aliphatic carbocycles. The molecule has 1 fully saturated rings. The third-order valence-electron chi connectivity index (χ3n) is 4.00. The number of carbonyl (C=O) groups excluding carboxylic acids is 1. The van der Waals surface area contributed by atoms with E-state index in [0.29, 0.717) is 41.9 Å². The highest BCUT2D eigenvalue weighted by molar-refractivity contribution is 8.01. The zero-order chi connectivity index (χ0) is 17.9. The molecule has 0 radical (unpaired) electrons. The van der Waals surface area contributed by atoms with E-state index in [1.807, 2.05) is 6.07 Å². The van der Waals surface area contributed by atoms with Gasteiger partial charge >= 0.3 is 5.97 Å². The monoisotopic (exact) mass is 403 g/mol. The molecule has 1 spiro atoms. The summed E-state index contributed by atoms with van der Waals surface area (Å²) in [6.45, 7) is 3.18. The van der Waals surface area contributed by atoms with Gasteiger partial charge in [-0.3, -0.25) is 0 Å². The number of carbonyl (C=O) groups is 1. The van der Waals surface area contributed by atoms with Crippen molar-refractivity contribution in [2.24, 2.45) is 0 Å². The summed E-state index contributed by atoms with van der Waals surface area (Å²) in [6.07, 6.45) is 3.19. The Kier molecular flexibility index (Phi) is 6.17. The molecule has 25 heavy (non-hydrogen) atoms. The Morgan fingerprint density at radius 3 is 2.80 bits per heavy atom. The van der Waals surface area contributed by atoms with Crippen molar-refractivity contribution in [3.05, 3.63) is 39.9 Å². The lowest BCUT2D eigenvalue weighted by Crippen LogP contribution is -2.36. The molecule has 1 saturated heterocycles. The van der Waals surface area contributed by atoms with Crippen molar-refractivity contribution >= 4 is 46.8 Å². The van der Waals surface area contributed by atoms with Crippen LogP contribution in [0.2, 0.25) is 10.0 Å². The average molecular weight is 404 g/mol. The molecule has 8 heteroatoms. The first-order valence-corrected chi connectivity index (χ1v) is 9.71. The van der Waals surface area contributed by atoms with Gasteiger partial charge in [0.2, 0.25) is 0 Å². The summed E-state index contributed by atoms with van der Waals surface area (Å²) in [5, 5.41) is 0.898. The van der Waals surface area contributed by atoms with Crippen LogP contribution < -0.4 is 4.72 Å². The molecule has 2 aliphatic rings. The molecule has 0 amide bonds. The molecule has 1 heterocycles. The molecule has 1 atom stereocenters. The second-order valence-electron chi connectivity index (χ2n) is 5.71. The van der Waals surface area contributed by atoms with Crippen LogP contribution in [0, 0.1) is 0 Å². The number of benzene rings is 1. The molecule has 1 aromatic rings. The van der Waals surface area contributed by atoms with E-state index in [1.165, 1.54) is 11.9 Å². The Labute approximate surface area is 161 Å². The van der Waals surface area contributed by atoms with E-state index in [9.17, 15) is 4.79 Å². The van der Waals surface area contributed by atoms with Gasteiger partial charge in [-0.25, -0.2) is 4.79 Å². The van der Waals surface area contributed by atoms with Crippen LogP contribution in [0.4, 0.5) is 5.69 Å². The van der Waals surface area contributed by atoms with E-state index < -0.39 is 5.79 Å². The number of nitrogens with one attached hydrogen (secondary N) is 1. The fourth-order valence-corrected chi connectivity index (χ4v) is 4.04. The molecular formula is C17H19Cl2NO4S. The van der Waals surface area contributed by atoms with E-state index in [1.54, 1.807) is 25.1 Å². The Morgan fingerprint density at radius 2 is 2.12 bits per heavy atom. The number of anilines is 1. The van der Waals surface area contributed by atoms with E-state index in [0.717, 1.165) is 12.1 Å². The highest BCUT2D eigenvalue weighted by Gasteiger charge is 2.42. The second-order valence-corrected chi connectivity index (χ2v) is 7.53. The van der Waals surface area contributed by atoms with Gasteiger partial charge in [0.15, 0.2) is 5.79 Å². The molecule has 1 aromatic carbocycles. The third-order valence-corrected chi connectivity index (χ3v) is 5.87. The first-order chi connectivity index (χ1) is 12.0. The topological polar surface area (TPSA) is 56.8 Å². The summed E-state index contributed by atoms with van der Waals surface area (Å²) in [5.74, 6) is -1.13. The Hall–Kier alpha value is -0.920. The molecule has 0 bridgehead atoms. The average Bonchev–Trinajstić information content (AvgIpc) is 3.05. The van der Waals surface area contributed by atoms with Crippen LogP contribution in [-0.2, 0) is 19.0 Å². The highest BCUT2D eigenvalue weighted by Crippen LogP contribution is 2.39. The predicted octanol–water partition coefficient (Wildman–Crippen LogP) is 4.45. The van der Waals surface area contributed by atoms with Crippen LogP contribution in [0.1, 0.15) is 19.8 Å². The quantitative estimate of drug-likeness (QED) is 0.578. The minimum Gasteiger partial charge on any atom is -0.463 e. The van der Waals surface area contributed by atoms with Crippen molar-refractivity contribution in [1.82, 2.24) is 0 Å². The molecular weight excluding hydrogens is 385 g/mol. The minimum absolute atomic E-state index is 0.0769. The van der Waals surface area contributed by atoms with Crippen molar-refractivity contribution in [2.45, 2.75) is 30.8 Å². The normalized spacial score (nSPS) is 21.9. The van der Waals surface area contributed by atoms with Gasteiger partial charge in [-0.1, -0.05) is 23.2 Å². The summed E-state index contributed by atoms with van der Waals surface area (Å²) in [5.41, 5.74) is 1.38. The van der Waals surface area contributed by atoms with Gasteiger partial charge in [0.05, 0.1) is 40.7 Å². The number of ether oxygens (including phenoxy) is 3. The second kappa shape index (κ2) is 8.18. The maximum absolute atomic E-state index is 12.4. The lowest BCUT2D eigenvalue weighted by molar-refractivity contribution is -0.142. The number of halogens is 2. The van der Waals surface area contributed by atoms with Gasteiger partial charge in [-0.15, -0.1) is 0 Å². The maximum atomic E-state index is 12.4. The molecule has 136 valence electrons. The molecule has 0 saturated carbocycles. The van der Waals surface area contributed by atoms with E-state index in [4.69, 9.17) is 37.4 Å². The number of esters is 1. The Balaban J connectivity index is 1.74. The zero-order valence-corrected chi connectivity index (χ0v) is 16.0. The van der Waals surface area contributed by atoms with Gasteiger partial charge < -0.3 is 18.9 Å². The van der Waals surface area contributed by atoms with E-state index in [2.05, 4.69) is 4.72 Å². The largest absolute Gasteiger partial charge is 0.463 e. The SMILES string of the molecule is CCOC(=O)C1=CC2(CCC1SNc1ccc(Cl)c(Cl)c1)OCCO2. The van der Waals surface area contributed by atoms with Crippen LogP contribution in [0.15, 0.2) is 29.8 Å². The van der Waals surface area contributed by atoms with Crippen LogP contribution in [0.25, 0.3) is 0 Å². The summed E-state index contributed by atoms with van der Waals surface area (Å²) in [7, 11) is 0. The van der Waals surface area contributed by atoms with Crippen LogP contribution in [0.5, 0.6) is 0 Å². The third kappa shape index (κ3) is 4.44. The highest BCUT2D eigenvalue weighted by atomic mass is 35.5. The Bertz CT molecular complexity index is 677. The van der Waals surface area contributed by atoms with Crippen LogP contribution in [-0.4, -0.2) is 36.8 Å². The fourth-order valence-electron chi connectivity index (χ4n) is 2.81. The Morgan fingerprint density at radius 1 is 1.36 bits per heavy atom. The lowest BCUT2D eigenvalue weighted by Gasteiger charge is -2.33. The van der Waals surface area contributed by atoms with Crippen molar-refractivity contribution in [3.63, 3.8) is 0 Å². The summed E-state index contributed by atoms with van der Waals surface area (Å²) < 4.78 is 19.9. The maximum Gasteiger partial charge on any atom is 0.335 e. The lowest BCUT2D eigenvalue weighted by atomic mass is 9.94. The van der Waals surface area contributed by atoms with Gasteiger partial charge in [0.25, 0.3) is 0 Å². The zero-order valence-electron chi connectivity index (χ0n) is 13.7. The molecule has 5 nitrogen and oxygen atoms in total. The number of hydrogen-bond acceptors (Lipinski definition) is 6. The predicted molar refractivity (Wildman–Crippen MR) is 100 cm³/mol. The van der Waals surface area contributed by atoms with Gasteiger partial charge in [0.1, 0.15) is 0 Å². The van der Waals surface area contributed by atoms with E-state index >= 15 is 0 Å². The van der Waals surface area contributed by atoms with Crippen molar-refractivity contribution in [2.75, 3.05) is 24.5 Å². The van der Waals surface area contributed by atoms with Gasteiger partial charge in [-0.05, 0) is 49.6 Å². The molecule has 1 N–H and O–H groups in total. The van der Waals surface area contributed by atoms with Crippen molar-refractivity contribution < 1.29 is 19.0 Å². The van der Waals surface area contributed by atoms with E-state index in [-0.39, 0.29) is 11.2 Å². The standard InChI is InChI=1S/C17H19Cl2NO4S/c1-2-22-16(21)12-10-17(23-7-8-24-17)6-5-15(12)25-20-11-3-4-13(18)14(19)9-11/h3-4,9-10,15,20H,2,5-8H2,1H3. The minimum atomic E-state index is -0.789. The van der Waals surface area contributed by atoms with Crippen molar-refractivity contribution in [1.29, 1.82) is 0 Å². The van der Waals surface area contributed by atoms with Crippen molar-refractivity contribution in [3.8, 4) is 0 Å². The first-order valence-electron chi connectivity index (χ1n) is 8.07. The van der Waals surface area contributed by atoms with Crippen LogP contribution in [0.3, 0.4) is 0 Å².